The maximum absolute atomic E-state index is 10.3. The molecule has 1 aliphatic heterocycles. The number of anilines is 1. The van der Waals surface area contributed by atoms with Crippen LogP contribution in [-0.4, -0.2) is 72.2 Å². The predicted molar refractivity (Wildman–Crippen MR) is 93.9 cm³/mol. The van der Waals surface area contributed by atoms with Crippen LogP contribution < -0.4 is 10.9 Å². The summed E-state index contributed by atoms with van der Waals surface area (Å²) in [6, 6.07) is 0. The van der Waals surface area contributed by atoms with Crippen LogP contribution in [0.1, 0.15) is 20.1 Å². The Hall–Kier alpha value is -1.47. The Balaban J connectivity index is 2.16. The summed E-state index contributed by atoms with van der Waals surface area (Å²) in [4.78, 5) is 12.1. The summed E-state index contributed by atoms with van der Waals surface area (Å²) in [5.74, 6) is 0.243. The number of rotatable bonds is 6. The van der Waals surface area contributed by atoms with Gasteiger partial charge >= 0.3 is 7.12 Å². The highest BCUT2D eigenvalue weighted by atomic mass is 35.5. The highest BCUT2D eigenvalue weighted by molar-refractivity contribution is 6.62. The van der Waals surface area contributed by atoms with Crippen molar-refractivity contribution in [1.82, 2.24) is 14.5 Å². The van der Waals surface area contributed by atoms with Crippen LogP contribution in [-0.2, 0) is 9.57 Å². The first-order chi connectivity index (χ1) is 12.3. The summed E-state index contributed by atoms with van der Waals surface area (Å²) in [6.45, 7) is 3.29. The van der Waals surface area contributed by atoms with Crippen molar-refractivity contribution in [1.29, 1.82) is 0 Å². The zero-order valence-electron chi connectivity index (χ0n) is 14.2. The molecule has 0 bridgehead atoms. The first-order valence-corrected chi connectivity index (χ1v) is 8.43. The Labute approximate surface area is 154 Å². The molecule has 0 amide bonds. The second-order valence-corrected chi connectivity index (χ2v) is 6.94. The van der Waals surface area contributed by atoms with E-state index in [2.05, 4.69) is 15.4 Å². The number of aromatic nitrogens is 3. The second kappa shape index (κ2) is 7.27. The molecule has 3 rings (SSSR count). The molecule has 0 aromatic carbocycles. The van der Waals surface area contributed by atoms with Crippen LogP contribution in [0.3, 0.4) is 0 Å². The smallest absolute Gasteiger partial charge is 0.423 e. The molecule has 0 radical (unpaired) electrons. The number of aliphatic hydroxyl groups is 2. The van der Waals surface area contributed by atoms with E-state index < -0.39 is 37.0 Å². The van der Waals surface area contributed by atoms with E-state index in [4.69, 9.17) is 21.2 Å². The zero-order chi connectivity index (χ0) is 19.1. The monoisotopic (exact) mass is 386 g/mol. The molecule has 142 valence electrons. The Kier molecular flexibility index (Phi) is 5.40. The fourth-order valence-electron chi connectivity index (χ4n) is 3.07. The van der Waals surface area contributed by atoms with Crippen LogP contribution >= 0.6 is 11.6 Å². The standard InChI is InChI=1S/C14H20BClN4O6/c1-3-25-19-11-9-7(15(23)24)4-20(12(9)18-6-17-11)13-14(2,16)10(22)8(5-21)26-13/h4,6,8,10,13,21-24H,3,5H2,1-2H3,(H,17,18,19)/t8-,10-,13-,14-/m1/s1. The predicted octanol–water partition coefficient (Wildman–Crippen LogP) is -1.28. The lowest BCUT2D eigenvalue weighted by Crippen LogP contribution is -2.39. The fourth-order valence-corrected chi connectivity index (χ4v) is 3.37. The van der Waals surface area contributed by atoms with E-state index >= 15 is 0 Å². The van der Waals surface area contributed by atoms with Gasteiger partial charge in [0, 0.05) is 11.7 Å². The van der Waals surface area contributed by atoms with E-state index in [9.17, 15) is 20.3 Å². The Morgan fingerprint density at radius 1 is 1.46 bits per heavy atom. The van der Waals surface area contributed by atoms with Gasteiger partial charge in [-0.25, -0.2) is 15.4 Å². The van der Waals surface area contributed by atoms with E-state index in [0.29, 0.717) is 17.6 Å². The molecule has 1 aliphatic rings. The second-order valence-electron chi connectivity index (χ2n) is 6.13. The summed E-state index contributed by atoms with van der Waals surface area (Å²) in [5, 5.41) is 39.5. The minimum Gasteiger partial charge on any atom is -0.423 e. The summed E-state index contributed by atoms with van der Waals surface area (Å²) in [7, 11) is -1.81. The number of nitrogens with one attached hydrogen (secondary N) is 1. The van der Waals surface area contributed by atoms with Crippen molar-refractivity contribution < 1.29 is 29.8 Å². The molecular weight excluding hydrogens is 366 g/mol. The van der Waals surface area contributed by atoms with Gasteiger partial charge in [-0.3, -0.25) is 4.84 Å². The van der Waals surface area contributed by atoms with Crippen LogP contribution in [0.2, 0.25) is 0 Å². The Morgan fingerprint density at radius 2 is 2.19 bits per heavy atom. The normalized spacial score (nSPS) is 28.7. The van der Waals surface area contributed by atoms with Crippen molar-refractivity contribution in [3.63, 3.8) is 0 Å². The number of fused-ring (bicyclic) bond motifs is 1. The maximum Gasteiger partial charge on any atom is 0.490 e. The third kappa shape index (κ3) is 3.05. The van der Waals surface area contributed by atoms with E-state index in [0.717, 1.165) is 0 Å². The molecule has 2 aromatic rings. The highest BCUT2D eigenvalue weighted by Gasteiger charge is 2.53. The third-order valence-corrected chi connectivity index (χ3v) is 4.79. The van der Waals surface area contributed by atoms with Gasteiger partial charge in [0.2, 0.25) is 0 Å². The molecule has 0 spiro atoms. The van der Waals surface area contributed by atoms with Crippen LogP contribution in [0.4, 0.5) is 5.82 Å². The molecule has 3 heterocycles. The van der Waals surface area contributed by atoms with Crippen molar-refractivity contribution in [2.45, 2.75) is 37.2 Å². The van der Waals surface area contributed by atoms with Crippen molar-refractivity contribution in [3.8, 4) is 0 Å². The number of alkyl halides is 1. The molecule has 26 heavy (non-hydrogen) atoms. The average Bonchev–Trinajstić information content (AvgIpc) is 3.09. The van der Waals surface area contributed by atoms with Gasteiger partial charge in [0.1, 0.15) is 29.1 Å². The first-order valence-electron chi connectivity index (χ1n) is 8.05. The lowest BCUT2D eigenvalue weighted by atomic mass is 9.80. The molecule has 0 saturated carbocycles. The molecule has 1 saturated heterocycles. The summed E-state index contributed by atoms with van der Waals surface area (Å²) in [5.41, 5.74) is 3.05. The van der Waals surface area contributed by atoms with Crippen LogP contribution in [0.15, 0.2) is 12.5 Å². The van der Waals surface area contributed by atoms with Crippen molar-refractivity contribution in [2.75, 3.05) is 18.7 Å². The van der Waals surface area contributed by atoms with E-state index in [-0.39, 0.29) is 11.3 Å². The van der Waals surface area contributed by atoms with Gasteiger partial charge in [-0.1, -0.05) is 0 Å². The Morgan fingerprint density at radius 3 is 2.77 bits per heavy atom. The third-order valence-electron chi connectivity index (χ3n) is 4.38. The quantitative estimate of drug-likeness (QED) is 0.233. The van der Waals surface area contributed by atoms with Gasteiger partial charge in [-0.15, -0.1) is 11.6 Å². The van der Waals surface area contributed by atoms with Crippen molar-refractivity contribution in [3.05, 3.63) is 12.5 Å². The Bertz CT molecular complexity index is 788. The van der Waals surface area contributed by atoms with Gasteiger partial charge in [-0.2, -0.15) is 0 Å². The first kappa shape index (κ1) is 19.3. The lowest BCUT2D eigenvalue weighted by molar-refractivity contribution is -0.0439. The topological polar surface area (TPSA) is 142 Å². The molecule has 0 aliphatic carbocycles. The molecular formula is C14H20BClN4O6. The summed E-state index contributed by atoms with van der Waals surface area (Å²) < 4.78 is 7.18. The summed E-state index contributed by atoms with van der Waals surface area (Å²) in [6.07, 6.45) is -0.249. The molecule has 2 aromatic heterocycles. The van der Waals surface area contributed by atoms with Gasteiger partial charge in [0.15, 0.2) is 12.0 Å². The number of ether oxygens (including phenoxy) is 1. The van der Waals surface area contributed by atoms with Crippen LogP contribution in [0, 0.1) is 0 Å². The molecule has 1 fully saturated rings. The van der Waals surface area contributed by atoms with E-state index in [1.54, 1.807) is 13.8 Å². The van der Waals surface area contributed by atoms with Crippen molar-refractivity contribution in [2.24, 2.45) is 0 Å². The van der Waals surface area contributed by atoms with Crippen LogP contribution in [0.5, 0.6) is 0 Å². The SMILES string of the molecule is CCONc1ncnc2c1c(B(O)O)cn2[C@@H]1O[C@H](CO)[C@@H](O)[C@@]1(C)Cl. The highest BCUT2D eigenvalue weighted by Crippen LogP contribution is 2.44. The van der Waals surface area contributed by atoms with E-state index in [1.165, 1.54) is 17.1 Å². The molecule has 0 unspecified atom stereocenters. The zero-order valence-corrected chi connectivity index (χ0v) is 15.0. The molecule has 5 N–H and O–H groups in total. The number of hydrogen-bond acceptors (Lipinski definition) is 9. The minimum atomic E-state index is -1.81. The minimum absolute atomic E-state index is 0.112. The number of nitrogens with zero attached hydrogens (tertiary/aromatic N) is 3. The fraction of sp³-hybridized carbons (Fsp3) is 0.571. The number of aliphatic hydroxyl groups excluding tert-OH is 2. The largest absolute Gasteiger partial charge is 0.490 e. The summed E-state index contributed by atoms with van der Waals surface area (Å²) >= 11 is 6.49. The molecule has 12 heteroatoms. The van der Waals surface area contributed by atoms with Gasteiger partial charge in [0.25, 0.3) is 0 Å². The lowest BCUT2D eigenvalue weighted by Gasteiger charge is -2.26. The number of halogens is 1. The van der Waals surface area contributed by atoms with Crippen LogP contribution in [0.25, 0.3) is 11.0 Å². The maximum atomic E-state index is 10.3. The van der Waals surface area contributed by atoms with Gasteiger partial charge in [-0.05, 0) is 13.8 Å². The average molecular weight is 387 g/mol. The molecule has 4 atom stereocenters. The van der Waals surface area contributed by atoms with Crippen molar-refractivity contribution >= 4 is 41.0 Å². The van der Waals surface area contributed by atoms with E-state index in [1.807, 2.05) is 0 Å². The van der Waals surface area contributed by atoms with Gasteiger partial charge < -0.3 is 29.6 Å². The number of hydrogen-bond donors (Lipinski definition) is 5. The van der Waals surface area contributed by atoms with Gasteiger partial charge in [0.05, 0.1) is 18.6 Å². The molecule has 10 nitrogen and oxygen atoms in total.